The highest BCUT2D eigenvalue weighted by Crippen LogP contribution is 2.11. The van der Waals surface area contributed by atoms with Gasteiger partial charge in [-0.3, -0.25) is 4.79 Å². The standard InChI is InChI=1S/C14H19NO3S/c1-3-18-14(17)11-6-8-12(9-7-11)15-13(16)5-4-10-19-2/h6-9H,3-5,10H2,1-2H3,(H,15,16). The molecular formula is C14H19NO3S. The summed E-state index contributed by atoms with van der Waals surface area (Å²) in [6.45, 7) is 2.12. The van der Waals surface area contributed by atoms with E-state index >= 15 is 0 Å². The molecule has 19 heavy (non-hydrogen) atoms. The smallest absolute Gasteiger partial charge is 0.338 e. The Bertz CT molecular complexity index is 417. The lowest BCUT2D eigenvalue weighted by molar-refractivity contribution is -0.116. The Morgan fingerprint density at radius 2 is 1.95 bits per heavy atom. The van der Waals surface area contributed by atoms with Gasteiger partial charge in [-0.1, -0.05) is 0 Å². The van der Waals surface area contributed by atoms with E-state index < -0.39 is 0 Å². The lowest BCUT2D eigenvalue weighted by atomic mass is 10.2. The van der Waals surface area contributed by atoms with E-state index in [1.54, 1.807) is 43.0 Å². The van der Waals surface area contributed by atoms with Gasteiger partial charge in [-0.05, 0) is 49.6 Å². The number of hydrogen-bond acceptors (Lipinski definition) is 4. The first-order valence-electron chi connectivity index (χ1n) is 6.23. The maximum absolute atomic E-state index is 11.6. The predicted octanol–water partition coefficient (Wildman–Crippen LogP) is 2.95. The van der Waals surface area contributed by atoms with E-state index in [4.69, 9.17) is 4.74 Å². The minimum atomic E-state index is -0.347. The lowest BCUT2D eigenvalue weighted by Crippen LogP contribution is -2.11. The number of nitrogens with one attached hydrogen (secondary N) is 1. The number of hydrogen-bond donors (Lipinski definition) is 1. The minimum Gasteiger partial charge on any atom is -0.462 e. The quantitative estimate of drug-likeness (QED) is 0.616. The van der Waals surface area contributed by atoms with E-state index in [1.807, 2.05) is 6.26 Å². The molecular weight excluding hydrogens is 262 g/mol. The number of carbonyl (C=O) groups excluding carboxylic acids is 2. The third-order valence-electron chi connectivity index (χ3n) is 2.43. The Morgan fingerprint density at radius 1 is 1.26 bits per heavy atom. The number of rotatable bonds is 7. The van der Waals surface area contributed by atoms with Crippen LogP contribution in [0.1, 0.15) is 30.1 Å². The minimum absolute atomic E-state index is 0.00191. The fraction of sp³-hybridized carbons (Fsp3) is 0.429. The van der Waals surface area contributed by atoms with Crippen molar-refractivity contribution in [2.45, 2.75) is 19.8 Å². The summed E-state index contributed by atoms with van der Waals surface area (Å²) in [5.74, 6) is 0.633. The summed E-state index contributed by atoms with van der Waals surface area (Å²) in [6.07, 6.45) is 3.40. The molecule has 0 saturated heterocycles. The van der Waals surface area contributed by atoms with E-state index in [1.165, 1.54) is 0 Å². The molecule has 5 heteroatoms. The van der Waals surface area contributed by atoms with Crippen LogP contribution in [-0.4, -0.2) is 30.5 Å². The molecule has 0 aliphatic carbocycles. The molecule has 1 rings (SSSR count). The number of esters is 1. The maximum atomic E-state index is 11.6. The maximum Gasteiger partial charge on any atom is 0.338 e. The van der Waals surface area contributed by atoms with Crippen LogP contribution < -0.4 is 5.32 Å². The van der Waals surface area contributed by atoms with Crippen LogP contribution in [0.5, 0.6) is 0 Å². The normalized spacial score (nSPS) is 10.0. The van der Waals surface area contributed by atoms with Gasteiger partial charge in [0, 0.05) is 12.1 Å². The highest BCUT2D eigenvalue weighted by atomic mass is 32.2. The zero-order valence-corrected chi connectivity index (χ0v) is 12.1. The van der Waals surface area contributed by atoms with Crippen LogP contribution in [0.3, 0.4) is 0 Å². The number of thioether (sulfide) groups is 1. The van der Waals surface area contributed by atoms with E-state index in [2.05, 4.69) is 5.32 Å². The van der Waals surface area contributed by atoms with Crippen LogP contribution >= 0.6 is 11.8 Å². The Labute approximate surface area is 117 Å². The lowest BCUT2D eigenvalue weighted by Gasteiger charge is -2.06. The molecule has 1 aromatic rings. The highest BCUT2D eigenvalue weighted by molar-refractivity contribution is 7.98. The SMILES string of the molecule is CCOC(=O)c1ccc(NC(=O)CCCSC)cc1. The zero-order valence-electron chi connectivity index (χ0n) is 11.3. The molecule has 0 fully saturated rings. The molecule has 1 N–H and O–H groups in total. The van der Waals surface area contributed by atoms with Crippen molar-refractivity contribution in [3.05, 3.63) is 29.8 Å². The fourth-order valence-electron chi connectivity index (χ4n) is 1.50. The summed E-state index contributed by atoms with van der Waals surface area (Å²) in [5.41, 5.74) is 1.18. The average Bonchev–Trinajstić information content (AvgIpc) is 2.40. The fourth-order valence-corrected chi connectivity index (χ4v) is 1.94. The molecule has 0 radical (unpaired) electrons. The molecule has 1 amide bonds. The highest BCUT2D eigenvalue weighted by Gasteiger charge is 2.06. The zero-order chi connectivity index (χ0) is 14.1. The van der Waals surface area contributed by atoms with Crippen molar-refractivity contribution in [3.63, 3.8) is 0 Å². The Hall–Kier alpha value is -1.49. The summed E-state index contributed by atoms with van der Waals surface area (Å²) in [6, 6.07) is 6.71. The van der Waals surface area contributed by atoms with Gasteiger partial charge < -0.3 is 10.1 Å². The molecule has 0 aliphatic heterocycles. The predicted molar refractivity (Wildman–Crippen MR) is 78.6 cm³/mol. The van der Waals surface area contributed by atoms with Crippen molar-refractivity contribution >= 4 is 29.3 Å². The number of ether oxygens (including phenoxy) is 1. The summed E-state index contributed by atoms with van der Waals surface area (Å²) < 4.78 is 4.89. The Balaban J connectivity index is 2.47. The van der Waals surface area contributed by atoms with Crippen LogP contribution in [0.25, 0.3) is 0 Å². The van der Waals surface area contributed by atoms with Crippen LogP contribution in [0.15, 0.2) is 24.3 Å². The van der Waals surface area contributed by atoms with Crippen LogP contribution in [0.4, 0.5) is 5.69 Å². The summed E-state index contributed by atoms with van der Waals surface area (Å²) in [7, 11) is 0. The van der Waals surface area contributed by atoms with E-state index in [9.17, 15) is 9.59 Å². The summed E-state index contributed by atoms with van der Waals surface area (Å²) >= 11 is 1.73. The second-order valence-corrected chi connectivity index (χ2v) is 4.93. The molecule has 0 aromatic heterocycles. The number of amides is 1. The van der Waals surface area contributed by atoms with Gasteiger partial charge in [0.25, 0.3) is 0 Å². The van der Waals surface area contributed by atoms with Gasteiger partial charge in [0.2, 0.25) is 5.91 Å². The number of carbonyl (C=O) groups is 2. The van der Waals surface area contributed by atoms with Gasteiger partial charge in [0.15, 0.2) is 0 Å². The van der Waals surface area contributed by atoms with Gasteiger partial charge in [-0.15, -0.1) is 0 Å². The Morgan fingerprint density at radius 3 is 2.53 bits per heavy atom. The topological polar surface area (TPSA) is 55.4 Å². The summed E-state index contributed by atoms with van der Waals surface area (Å²) in [4.78, 5) is 23.0. The molecule has 0 aliphatic rings. The molecule has 4 nitrogen and oxygen atoms in total. The third kappa shape index (κ3) is 5.79. The average molecular weight is 281 g/mol. The molecule has 104 valence electrons. The van der Waals surface area contributed by atoms with Gasteiger partial charge >= 0.3 is 5.97 Å². The van der Waals surface area contributed by atoms with Gasteiger partial charge in [-0.2, -0.15) is 11.8 Å². The molecule has 0 saturated carbocycles. The van der Waals surface area contributed by atoms with Crippen LogP contribution in [0.2, 0.25) is 0 Å². The molecule has 0 bridgehead atoms. The van der Waals surface area contributed by atoms with E-state index in [0.29, 0.717) is 24.3 Å². The number of anilines is 1. The van der Waals surface area contributed by atoms with Crippen molar-refractivity contribution in [3.8, 4) is 0 Å². The largest absolute Gasteiger partial charge is 0.462 e. The Kier molecular flexibility index (Phi) is 7.03. The second-order valence-electron chi connectivity index (χ2n) is 3.94. The number of benzene rings is 1. The van der Waals surface area contributed by atoms with Crippen molar-refractivity contribution in [1.82, 2.24) is 0 Å². The van der Waals surface area contributed by atoms with Crippen LogP contribution in [-0.2, 0) is 9.53 Å². The molecule has 0 spiro atoms. The molecule has 0 unspecified atom stereocenters. The third-order valence-corrected chi connectivity index (χ3v) is 3.13. The van der Waals surface area contributed by atoms with Crippen molar-refractivity contribution in [2.24, 2.45) is 0 Å². The first-order chi connectivity index (χ1) is 9.17. The summed E-state index contributed by atoms with van der Waals surface area (Å²) in [5, 5.41) is 2.80. The molecule has 0 atom stereocenters. The van der Waals surface area contributed by atoms with Crippen LogP contribution in [0, 0.1) is 0 Å². The van der Waals surface area contributed by atoms with Gasteiger partial charge in [0.1, 0.15) is 0 Å². The van der Waals surface area contributed by atoms with Crippen molar-refractivity contribution in [2.75, 3.05) is 23.9 Å². The van der Waals surface area contributed by atoms with Gasteiger partial charge in [0.05, 0.1) is 12.2 Å². The molecule has 0 heterocycles. The van der Waals surface area contributed by atoms with E-state index in [0.717, 1.165) is 12.2 Å². The van der Waals surface area contributed by atoms with Crippen molar-refractivity contribution in [1.29, 1.82) is 0 Å². The second kappa shape index (κ2) is 8.58. The van der Waals surface area contributed by atoms with Gasteiger partial charge in [-0.25, -0.2) is 4.79 Å². The molecule has 1 aromatic carbocycles. The first kappa shape index (κ1) is 15.6. The van der Waals surface area contributed by atoms with Crippen molar-refractivity contribution < 1.29 is 14.3 Å². The first-order valence-corrected chi connectivity index (χ1v) is 7.62. The monoisotopic (exact) mass is 281 g/mol. The van der Waals surface area contributed by atoms with E-state index in [-0.39, 0.29) is 11.9 Å².